The number of hydrogen-bond acceptors (Lipinski definition) is 4. The van der Waals surface area contributed by atoms with Gasteiger partial charge in [0, 0.05) is 24.7 Å². The Labute approximate surface area is 134 Å². The molecule has 2 heterocycles. The van der Waals surface area contributed by atoms with Crippen molar-refractivity contribution in [1.29, 1.82) is 0 Å². The summed E-state index contributed by atoms with van der Waals surface area (Å²) in [7, 11) is 1.83. The van der Waals surface area contributed by atoms with Crippen LogP contribution in [0, 0.1) is 5.82 Å². The van der Waals surface area contributed by atoms with Gasteiger partial charge in [-0.2, -0.15) is 4.99 Å². The first-order valence-corrected chi connectivity index (χ1v) is 7.67. The van der Waals surface area contributed by atoms with E-state index >= 15 is 0 Å². The van der Waals surface area contributed by atoms with Crippen LogP contribution in [-0.2, 0) is 7.05 Å². The molecule has 0 saturated carbocycles. The molecule has 3 aromatic rings. The number of halogens is 1. The average Bonchev–Trinajstić information content (AvgIpc) is 3.11. The van der Waals surface area contributed by atoms with Crippen molar-refractivity contribution >= 4 is 27.5 Å². The van der Waals surface area contributed by atoms with Crippen LogP contribution in [0.5, 0.6) is 11.5 Å². The summed E-state index contributed by atoms with van der Waals surface area (Å²) in [5.41, 5.74) is 1.25. The van der Waals surface area contributed by atoms with Crippen molar-refractivity contribution in [3.8, 4) is 11.5 Å². The summed E-state index contributed by atoms with van der Waals surface area (Å²) in [4.78, 5) is 16.9. The molecular weight excluding hydrogens is 319 g/mol. The zero-order chi connectivity index (χ0) is 16.0. The molecular formula is C16H11FN2O3S. The molecule has 2 aromatic carbocycles. The van der Waals surface area contributed by atoms with Gasteiger partial charge in [-0.25, -0.2) is 4.39 Å². The van der Waals surface area contributed by atoms with Crippen LogP contribution in [0.4, 0.5) is 4.39 Å². The van der Waals surface area contributed by atoms with E-state index in [1.54, 1.807) is 0 Å². The highest BCUT2D eigenvalue weighted by Crippen LogP contribution is 2.36. The molecule has 1 aromatic heterocycles. The quantitative estimate of drug-likeness (QED) is 0.689. The fourth-order valence-electron chi connectivity index (χ4n) is 2.37. The van der Waals surface area contributed by atoms with Gasteiger partial charge in [-0.15, -0.1) is 0 Å². The topological polar surface area (TPSA) is 52.8 Å². The van der Waals surface area contributed by atoms with E-state index < -0.39 is 5.91 Å². The van der Waals surface area contributed by atoms with E-state index in [1.807, 2.05) is 23.7 Å². The second-order valence-electron chi connectivity index (χ2n) is 5.04. The smallest absolute Gasteiger partial charge is 0.279 e. The molecule has 116 valence electrons. The van der Waals surface area contributed by atoms with Crippen LogP contribution in [0.25, 0.3) is 10.2 Å². The molecule has 4 rings (SSSR count). The lowest BCUT2D eigenvalue weighted by Crippen LogP contribution is -2.13. The van der Waals surface area contributed by atoms with Gasteiger partial charge in [-0.05, 0) is 24.3 Å². The maximum absolute atomic E-state index is 12.9. The Morgan fingerprint density at radius 3 is 2.65 bits per heavy atom. The number of aromatic nitrogens is 1. The zero-order valence-corrected chi connectivity index (χ0v) is 12.9. The molecule has 0 atom stereocenters. The fraction of sp³-hybridized carbons (Fsp3) is 0.125. The average molecular weight is 330 g/mol. The molecule has 0 bridgehead atoms. The molecule has 0 N–H and O–H groups in total. The molecule has 0 fully saturated rings. The molecule has 1 aliphatic heterocycles. The maximum Gasteiger partial charge on any atom is 0.279 e. The molecule has 1 aliphatic rings. The lowest BCUT2D eigenvalue weighted by atomic mass is 10.2. The van der Waals surface area contributed by atoms with Crippen LogP contribution >= 0.6 is 11.3 Å². The fourth-order valence-corrected chi connectivity index (χ4v) is 3.39. The van der Waals surface area contributed by atoms with Crippen LogP contribution in [0.3, 0.4) is 0 Å². The summed E-state index contributed by atoms with van der Waals surface area (Å²) in [5, 5.41) is 0. The van der Waals surface area contributed by atoms with Gasteiger partial charge in [0.1, 0.15) is 5.82 Å². The molecule has 7 heteroatoms. The van der Waals surface area contributed by atoms with Crippen molar-refractivity contribution in [2.75, 3.05) is 6.79 Å². The lowest BCUT2D eigenvalue weighted by Gasteiger charge is -1.98. The van der Waals surface area contributed by atoms with Crippen molar-refractivity contribution in [1.82, 2.24) is 4.57 Å². The predicted octanol–water partition coefficient (Wildman–Crippen LogP) is 2.85. The number of nitrogens with zero attached hydrogens (tertiary/aromatic N) is 2. The molecule has 5 nitrogen and oxygen atoms in total. The SMILES string of the molecule is Cn1c(=NC(=O)c2ccc(F)cc2)sc2cc3c(cc21)OCO3. The third-order valence-corrected chi connectivity index (χ3v) is 4.69. The van der Waals surface area contributed by atoms with Gasteiger partial charge in [0.15, 0.2) is 16.3 Å². The summed E-state index contributed by atoms with van der Waals surface area (Å²) >= 11 is 1.38. The number of fused-ring (bicyclic) bond motifs is 2. The first kappa shape index (κ1) is 14.0. The molecule has 0 spiro atoms. The van der Waals surface area contributed by atoms with E-state index in [0.717, 1.165) is 10.2 Å². The minimum absolute atomic E-state index is 0.219. The Hall–Kier alpha value is -2.67. The zero-order valence-electron chi connectivity index (χ0n) is 12.1. The van der Waals surface area contributed by atoms with Crippen LogP contribution < -0.4 is 14.3 Å². The Morgan fingerprint density at radius 2 is 1.91 bits per heavy atom. The van der Waals surface area contributed by atoms with Crippen molar-refractivity contribution in [3.63, 3.8) is 0 Å². The van der Waals surface area contributed by atoms with E-state index in [2.05, 4.69) is 4.99 Å². The van der Waals surface area contributed by atoms with E-state index in [4.69, 9.17) is 9.47 Å². The molecule has 0 radical (unpaired) electrons. The van der Waals surface area contributed by atoms with Crippen LogP contribution in [0.1, 0.15) is 10.4 Å². The van der Waals surface area contributed by atoms with Crippen molar-refractivity contribution in [3.05, 3.63) is 52.6 Å². The number of rotatable bonds is 1. The number of carbonyl (C=O) groups excluding carboxylic acids is 1. The highest BCUT2D eigenvalue weighted by molar-refractivity contribution is 7.16. The van der Waals surface area contributed by atoms with Gasteiger partial charge in [0.2, 0.25) is 6.79 Å². The lowest BCUT2D eigenvalue weighted by molar-refractivity contribution is 0.0998. The minimum atomic E-state index is -0.410. The number of aryl methyl sites for hydroxylation is 1. The van der Waals surface area contributed by atoms with Gasteiger partial charge in [0.25, 0.3) is 5.91 Å². The minimum Gasteiger partial charge on any atom is -0.454 e. The third-order valence-electron chi connectivity index (χ3n) is 3.59. The Balaban J connectivity index is 1.80. The summed E-state index contributed by atoms with van der Waals surface area (Å²) < 4.78 is 26.4. The van der Waals surface area contributed by atoms with E-state index in [9.17, 15) is 9.18 Å². The van der Waals surface area contributed by atoms with Crippen LogP contribution in [0.2, 0.25) is 0 Å². The Morgan fingerprint density at radius 1 is 1.22 bits per heavy atom. The van der Waals surface area contributed by atoms with Gasteiger partial charge in [0.05, 0.1) is 10.2 Å². The summed E-state index contributed by atoms with van der Waals surface area (Å²) in [5.74, 6) is 0.578. The van der Waals surface area contributed by atoms with E-state index in [0.29, 0.717) is 21.9 Å². The number of ether oxygens (including phenoxy) is 2. The van der Waals surface area contributed by atoms with Gasteiger partial charge in [-0.3, -0.25) is 4.79 Å². The highest BCUT2D eigenvalue weighted by atomic mass is 32.1. The normalized spacial score (nSPS) is 13.7. The number of benzene rings is 2. The molecule has 23 heavy (non-hydrogen) atoms. The first-order chi connectivity index (χ1) is 11.1. The standard InChI is InChI=1S/C16H11FN2O3S/c1-19-11-6-12-13(22-8-21-12)7-14(11)23-16(19)18-15(20)9-2-4-10(17)5-3-9/h2-7H,8H2,1H3. The van der Waals surface area contributed by atoms with Crippen LogP contribution in [0.15, 0.2) is 41.4 Å². The van der Waals surface area contributed by atoms with Gasteiger partial charge >= 0.3 is 0 Å². The van der Waals surface area contributed by atoms with E-state index in [1.165, 1.54) is 35.6 Å². The summed E-state index contributed by atoms with van der Waals surface area (Å²) in [6, 6.07) is 9.08. The van der Waals surface area contributed by atoms with Crippen molar-refractivity contribution in [2.45, 2.75) is 0 Å². The highest BCUT2D eigenvalue weighted by Gasteiger charge is 2.17. The Kier molecular flexibility index (Phi) is 3.16. The third kappa shape index (κ3) is 2.39. The van der Waals surface area contributed by atoms with Crippen LogP contribution in [-0.4, -0.2) is 17.3 Å². The second-order valence-corrected chi connectivity index (χ2v) is 6.05. The Bertz CT molecular complexity index is 989. The largest absolute Gasteiger partial charge is 0.454 e. The molecule has 0 saturated heterocycles. The second kappa shape index (κ2) is 5.20. The monoisotopic (exact) mass is 330 g/mol. The van der Waals surface area contributed by atoms with Crippen molar-refractivity contribution < 1.29 is 18.7 Å². The molecule has 1 amide bonds. The van der Waals surface area contributed by atoms with E-state index in [-0.39, 0.29) is 12.6 Å². The van der Waals surface area contributed by atoms with Crippen molar-refractivity contribution in [2.24, 2.45) is 12.0 Å². The number of carbonyl (C=O) groups is 1. The van der Waals surface area contributed by atoms with Gasteiger partial charge in [-0.1, -0.05) is 11.3 Å². The number of hydrogen-bond donors (Lipinski definition) is 0. The maximum atomic E-state index is 12.9. The molecule has 0 aliphatic carbocycles. The summed E-state index contributed by atoms with van der Waals surface area (Å²) in [6.07, 6.45) is 0. The number of amides is 1. The van der Waals surface area contributed by atoms with Gasteiger partial charge < -0.3 is 14.0 Å². The summed E-state index contributed by atoms with van der Waals surface area (Å²) in [6.45, 7) is 0.219. The molecule has 0 unspecified atom stereocenters. The predicted molar refractivity (Wildman–Crippen MR) is 83.2 cm³/mol. The number of thiazole rings is 1. The first-order valence-electron chi connectivity index (χ1n) is 6.85.